The first kappa shape index (κ1) is 23.1. The van der Waals surface area contributed by atoms with Gasteiger partial charge in [-0.2, -0.15) is 5.10 Å². The zero-order valence-electron chi connectivity index (χ0n) is 18.0. The molecule has 0 aliphatic rings. The Kier molecular flexibility index (Phi) is 7.05. The van der Waals surface area contributed by atoms with Gasteiger partial charge < -0.3 is 0 Å². The molecular weight excluding hydrogens is 429 g/mol. The third-order valence-corrected chi connectivity index (χ3v) is 6.51. The summed E-state index contributed by atoms with van der Waals surface area (Å²) in [5.74, 6) is -0.981. The lowest BCUT2D eigenvalue weighted by atomic mass is 10.1. The van der Waals surface area contributed by atoms with E-state index in [1.807, 2.05) is 19.9 Å². The van der Waals surface area contributed by atoms with E-state index in [0.717, 1.165) is 15.4 Å². The third-order valence-electron chi connectivity index (χ3n) is 4.72. The summed E-state index contributed by atoms with van der Waals surface area (Å²) in [4.78, 5) is 12.8. The van der Waals surface area contributed by atoms with E-state index in [2.05, 4.69) is 10.5 Å². The summed E-state index contributed by atoms with van der Waals surface area (Å²) in [5.41, 5.74) is 5.63. The van der Waals surface area contributed by atoms with Crippen molar-refractivity contribution >= 4 is 27.3 Å². The number of carbonyl (C=O) groups excluding carboxylic acids is 1. The first-order valence-corrected chi connectivity index (χ1v) is 11.4. The fourth-order valence-electron chi connectivity index (χ4n) is 3.20. The van der Waals surface area contributed by atoms with Gasteiger partial charge >= 0.3 is 0 Å². The Morgan fingerprint density at radius 2 is 1.56 bits per heavy atom. The molecule has 0 aliphatic carbocycles. The first-order chi connectivity index (χ1) is 15.2. The Hall–Kier alpha value is -3.52. The number of anilines is 1. The zero-order chi connectivity index (χ0) is 23.3. The summed E-state index contributed by atoms with van der Waals surface area (Å²) < 4.78 is 40.9. The fourth-order valence-corrected chi connectivity index (χ4v) is 4.62. The molecule has 0 fully saturated rings. The van der Waals surface area contributed by atoms with Crippen LogP contribution < -0.4 is 9.73 Å². The topological polar surface area (TPSA) is 78.8 Å². The van der Waals surface area contributed by atoms with Gasteiger partial charge in [0.15, 0.2) is 0 Å². The van der Waals surface area contributed by atoms with Gasteiger partial charge in [0.25, 0.3) is 15.9 Å². The molecule has 0 spiro atoms. The number of hydrogen-bond donors (Lipinski definition) is 1. The molecule has 0 radical (unpaired) electrons. The van der Waals surface area contributed by atoms with Gasteiger partial charge in [0.1, 0.15) is 12.4 Å². The van der Waals surface area contributed by atoms with E-state index in [0.29, 0.717) is 17.0 Å². The molecule has 0 aromatic heterocycles. The molecule has 0 heterocycles. The molecule has 0 bridgehead atoms. The molecule has 3 rings (SSSR count). The van der Waals surface area contributed by atoms with E-state index >= 15 is 0 Å². The van der Waals surface area contributed by atoms with Crippen LogP contribution in [0.25, 0.3) is 0 Å². The number of aryl methyl sites for hydroxylation is 2. The number of benzene rings is 3. The summed E-state index contributed by atoms with van der Waals surface area (Å²) in [6.45, 7) is 4.93. The van der Waals surface area contributed by atoms with Crippen LogP contribution in [0.15, 0.2) is 82.8 Å². The van der Waals surface area contributed by atoms with Crippen LogP contribution in [-0.2, 0) is 14.8 Å². The van der Waals surface area contributed by atoms with Crippen molar-refractivity contribution in [3.63, 3.8) is 0 Å². The van der Waals surface area contributed by atoms with Gasteiger partial charge in [-0.25, -0.2) is 18.2 Å². The monoisotopic (exact) mass is 453 g/mol. The molecule has 166 valence electrons. The molecule has 0 atom stereocenters. The highest BCUT2D eigenvalue weighted by molar-refractivity contribution is 7.92. The second kappa shape index (κ2) is 9.74. The molecule has 6 nitrogen and oxygen atoms in total. The highest BCUT2D eigenvalue weighted by atomic mass is 32.2. The van der Waals surface area contributed by atoms with Crippen LogP contribution in [0, 0.1) is 19.7 Å². The molecule has 1 amide bonds. The Morgan fingerprint density at radius 3 is 2.16 bits per heavy atom. The quantitative estimate of drug-likeness (QED) is 0.431. The van der Waals surface area contributed by atoms with Gasteiger partial charge in [-0.1, -0.05) is 36.4 Å². The number of rotatable bonds is 7. The second-order valence-electron chi connectivity index (χ2n) is 7.41. The van der Waals surface area contributed by atoms with Crippen LogP contribution in [0.5, 0.6) is 0 Å². The van der Waals surface area contributed by atoms with Crippen molar-refractivity contribution in [2.75, 3.05) is 10.8 Å². The van der Waals surface area contributed by atoms with Crippen molar-refractivity contribution in [2.24, 2.45) is 5.10 Å². The standard InChI is InChI=1S/C24H24FN3O3S/c1-17-13-18(2)15-22(14-17)28(32(30,31)23-7-5-4-6-8-23)16-24(29)27-26-19(3)20-9-11-21(25)12-10-20/h4-15H,16H2,1-3H3,(H,27,29)/b26-19+. The molecule has 0 unspecified atom stereocenters. The number of hydrazone groups is 1. The van der Waals surface area contributed by atoms with E-state index in [9.17, 15) is 17.6 Å². The van der Waals surface area contributed by atoms with E-state index in [-0.39, 0.29) is 10.7 Å². The molecular formula is C24H24FN3O3S. The molecule has 8 heteroatoms. The van der Waals surface area contributed by atoms with Gasteiger partial charge in [-0.3, -0.25) is 9.10 Å². The molecule has 32 heavy (non-hydrogen) atoms. The highest BCUT2D eigenvalue weighted by Crippen LogP contribution is 2.25. The molecule has 0 aliphatic heterocycles. The summed E-state index contributed by atoms with van der Waals surface area (Å²) in [6, 6.07) is 19.0. The zero-order valence-corrected chi connectivity index (χ0v) is 18.9. The van der Waals surface area contributed by atoms with E-state index < -0.39 is 22.5 Å². The lowest BCUT2D eigenvalue weighted by Crippen LogP contribution is -2.39. The van der Waals surface area contributed by atoms with Crippen molar-refractivity contribution in [3.8, 4) is 0 Å². The lowest BCUT2D eigenvalue weighted by Gasteiger charge is -2.24. The van der Waals surface area contributed by atoms with Crippen molar-refractivity contribution in [1.29, 1.82) is 0 Å². The van der Waals surface area contributed by atoms with Crippen LogP contribution in [0.3, 0.4) is 0 Å². The van der Waals surface area contributed by atoms with Crippen LogP contribution >= 0.6 is 0 Å². The average Bonchev–Trinajstić information content (AvgIpc) is 2.76. The molecule has 0 saturated heterocycles. The minimum atomic E-state index is -4.00. The van der Waals surface area contributed by atoms with Gasteiger partial charge in [-0.15, -0.1) is 0 Å². The van der Waals surface area contributed by atoms with Crippen molar-refractivity contribution < 1.29 is 17.6 Å². The van der Waals surface area contributed by atoms with Gasteiger partial charge in [0.2, 0.25) is 0 Å². The second-order valence-corrected chi connectivity index (χ2v) is 9.27. The number of hydrogen-bond acceptors (Lipinski definition) is 4. The smallest absolute Gasteiger partial charge is 0.264 e. The maximum atomic E-state index is 13.4. The van der Waals surface area contributed by atoms with E-state index in [1.54, 1.807) is 49.4 Å². The van der Waals surface area contributed by atoms with Crippen LogP contribution in [0.4, 0.5) is 10.1 Å². The maximum absolute atomic E-state index is 13.4. The molecule has 3 aromatic rings. The molecule has 0 saturated carbocycles. The average molecular weight is 454 g/mol. The Labute approximate surface area is 187 Å². The predicted octanol–water partition coefficient (Wildman–Crippen LogP) is 4.18. The third kappa shape index (κ3) is 5.59. The van der Waals surface area contributed by atoms with Gasteiger partial charge in [0.05, 0.1) is 16.3 Å². The summed E-state index contributed by atoms with van der Waals surface area (Å²) >= 11 is 0. The Balaban J connectivity index is 1.89. The molecule has 3 aromatic carbocycles. The van der Waals surface area contributed by atoms with E-state index in [1.165, 1.54) is 24.3 Å². The number of nitrogens with zero attached hydrogens (tertiary/aromatic N) is 2. The summed E-state index contributed by atoms with van der Waals surface area (Å²) in [7, 11) is -4.00. The SMILES string of the molecule is C/C(=N\NC(=O)CN(c1cc(C)cc(C)c1)S(=O)(=O)c1ccccc1)c1ccc(F)cc1. The van der Waals surface area contributed by atoms with Gasteiger partial charge in [-0.05, 0) is 73.9 Å². The normalized spacial score (nSPS) is 11.8. The number of sulfonamides is 1. The van der Waals surface area contributed by atoms with Crippen molar-refractivity contribution in [2.45, 2.75) is 25.7 Å². The summed E-state index contributed by atoms with van der Waals surface area (Å²) in [5, 5.41) is 4.03. The molecule has 1 N–H and O–H groups in total. The summed E-state index contributed by atoms with van der Waals surface area (Å²) in [6.07, 6.45) is 0. The number of carbonyl (C=O) groups is 1. The Morgan fingerprint density at radius 1 is 0.969 bits per heavy atom. The van der Waals surface area contributed by atoms with Gasteiger partial charge in [0, 0.05) is 0 Å². The van der Waals surface area contributed by atoms with Crippen LogP contribution in [-0.4, -0.2) is 26.6 Å². The minimum absolute atomic E-state index is 0.0814. The fraction of sp³-hybridized carbons (Fsp3) is 0.167. The number of amides is 1. The Bertz CT molecular complexity index is 1220. The number of nitrogens with one attached hydrogen (secondary N) is 1. The van der Waals surface area contributed by atoms with Crippen LogP contribution in [0.2, 0.25) is 0 Å². The number of halogens is 1. The first-order valence-electron chi connectivity index (χ1n) is 9.92. The van der Waals surface area contributed by atoms with Crippen molar-refractivity contribution in [3.05, 3.63) is 95.3 Å². The van der Waals surface area contributed by atoms with Crippen LogP contribution in [0.1, 0.15) is 23.6 Å². The van der Waals surface area contributed by atoms with Crippen molar-refractivity contribution in [1.82, 2.24) is 5.43 Å². The largest absolute Gasteiger partial charge is 0.271 e. The maximum Gasteiger partial charge on any atom is 0.264 e. The predicted molar refractivity (Wildman–Crippen MR) is 124 cm³/mol. The van der Waals surface area contributed by atoms with E-state index in [4.69, 9.17) is 0 Å². The minimum Gasteiger partial charge on any atom is -0.271 e. The highest BCUT2D eigenvalue weighted by Gasteiger charge is 2.27. The lowest BCUT2D eigenvalue weighted by molar-refractivity contribution is -0.119.